The largest absolute Gasteiger partial charge is 0.480 e. The SMILES string of the molecule is CCC1CCN(Cc2cccc(F)c2F)C(C(=O)O)C1. The van der Waals surface area contributed by atoms with E-state index in [9.17, 15) is 18.7 Å². The number of carboxylic acids is 1. The van der Waals surface area contributed by atoms with Crippen molar-refractivity contribution in [2.45, 2.75) is 38.8 Å². The van der Waals surface area contributed by atoms with Crippen molar-refractivity contribution in [3.63, 3.8) is 0 Å². The molecule has 0 radical (unpaired) electrons. The number of piperidine rings is 1. The van der Waals surface area contributed by atoms with Gasteiger partial charge in [0.25, 0.3) is 0 Å². The third kappa shape index (κ3) is 3.15. The summed E-state index contributed by atoms with van der Waals surface area (Å²) in [6.45, 7) is 2.79. The van der Waals surface area contributed by atoms with Crippen molar-refractivity contribution in [2.24, 2.45) is 5.92 Å². The van der Waals surface area contributed by atoms with E-state index in [-0.39, 0.29) is 12.1 Å². The van der Waals surface area contributed by atoms with Crippen LogP contribution in [0.4, 0.5) is 8.78 Å². The average Bonchev–Trinajstić information content (AvgIpc) is 2.44. The molecular formula is C15H19F2NO2. The van der Waals surface area contributed by atoms with Crippen LogP contribution < -0.4 is 0 Å². The predicted molar refractivity (Wildman–Crippen MR) is 71.2 cm³/mol. The van der Waals surface area contributed by atoms with Gasteiger partial charge in [0, 0.05) is 12.1 Å². The van der Waals surface area contributed by atoms with Crippen LogP contribution in [-0.2, 0) is 11.3 Å². The van der Waals surface area contributed by atoms with E-state index >= 15 is 0 Å². The second-order valence-electron chi connectivity index (χ2n) is 5.34. The van der Waals surface area contributed by atoms with Gasteiger partial charge in [-0.25, -0.2) is 8.78 Å². The Bertz CT molecular complexity index is 493. The van der Waals surface area contributed by atoms with Crippen molar-refractivity contribution in [1.29, 1.82) is 0 Å². The van der Waals surface area contributed by atoms with Crippen LogP contribution in [0, 0.1) is 17.6 Å². The highest BCUT2D eigenvalue weighted by atomic mass is 19.2. The van der Waals surface area contributed by atoms with Crippen LogP contribution in [-0.4, -0.2) is 28.6 Å². The zero-order valence-corrected chi connectivity index (χ0v) is 11.5. The second kappa shape index (κ2) is 6.31. The number of rotatable bonds is 4. The monoisotopic (exact) mass is 283 g/mol. The molecule has 0 aromatic heterocycles. The number of halogens is 2. The summed E-state index contributed by atoms with van der Waals surface area (Å²) in [5.41, 5.74) is 0.214. The lowest BCUT2D eigenvalue weighted by Crippen LogP contribution is -2.46. The van der Waals surface area contributed by atoms with Crippen LogP contribution in [0.1, 0.15) is 31.7 Å². The fraction of sp³-hybridized carbons (Fsp3) is 0.533. The molecule has 2 rings (SSSR count). The Morgan fingerprint density at radius 3 is 2.85 bits per heavy atom. The van der Waals surface area contributed by atoms with Gasteiger partial charge < -0.3 is 5.11 Å². The molecule has 1 fully saturated rings. The maximum Gasteiger partial charge on any atom is 0.320 e. The molecule has 1 aromatic rings. The molecule has 1 aliphatic rings. The molecule has 1 aromatic carbocycles. The minimum atomic E-state index is -0.891. The molecule has 1 aliphatic heterocycles. The molecule has 0 aliphatic carbocycles. The number of hydrogen-bond donors (Lipinski definition) is 1. The number of nitrogens with zero attached hydrogens (tertiary/aromatic N) is 1. The van der Waals surface area contributed by atoms with Gasteiger partial charge in [0.2, 0.25) is 0 Å². The van der Waals surface area contributed by atoms with Crippen LogP contribution in [0.15, 0.2) is 18.2 Å². The van der Waals surface area contributed by atoms with Gasteiger partial charge >= 0.3 is 5.97 Å². The highest BCUT2D eigenvalue weighted by Crippen LogP contribution is 2.27. The fourth-order valence-corrected chi connectivity index (χ4v) is 2.79. The molecule has 110 valence electrons. The van der Waals surface area contributed by atoms with Gasteiger partial charge in [0.1, 0.15) is 6.04 Å². The minimum Gasteiger partial charge on any atom is -0.480 e. The first-order valence-corrected chi connectivity index (χ1v) is 6.92. The fourth-order valence-electron chi connectivity index (χ4n) is 2.79. The van der Waals surface area contributed by atoms with E-state index in [1.165, 1.54) is 12.1 Å². The smallest absolute Gasteiger partial charge is 0.320 e. The van der Waals surface area contributed by atoms with Crippen molar-refractivity contribution < 1.29 is 18.7 Å². The first kappa shape index (κ1) is 14.9. The van der Waals surface area contributed by atoms with Gasteiger partial charge in [-0.1, -0.05) is 25.5 Å². The van der Waals surface area contributed by atoms with Gasteiger partial charge in [-0.05, 0) is 31.4 Å². The molecular weight excluding hydrogens is 264 g/mol. The van der Waals surface area contributed by atoms with Crippen molar-refractivity contribution in [3.05, 3.63) is 35.4 Å². The lowest BCUT2D eigenvalue weighted by molar-refractivity contribution is -0.145. The van der Waals surface area contributed by atoms with Crippen LogP contribution in [0.5, 0.6) is 0 Å². The summed E-state index contributed by atoms with van der Waals surface area (Å²) >= 11 is 0. The first-order chi connectivity index (χ1) is 9.52. The van der Waals surface area contributed by atoms with E-state index in [1.54, 1.807) is 4.90 Å². The summed E-state index contributed by atoms with van der Waals surface area (Å²) < 4.78 is 26.9. The third-order valence-corrected chi connectivity index (χ3v) is 4.09. The molecule has 20 heavy (non-hydrogen) atoms. The summed E-state index contributed by atoms with van der Waals surface area (Å²) in [4.78, 5) is 13.1. The lowest BCUT2D eigenvalue weighted by Gasteiger charge is -2.37. The number of hydrogen-bond acceptors (Lipinski definition) is 2. The number of carbonyl (C=O) groups is 1. The second-order valence-corrected chi connectivity index (χ2v) is 5.34. The Hall–Kier alpha value is -1.49. The average molecular weight is 283 g/mol. The van der Waals surface area contributed by atoms with Crippen LogP contribution >= 0.6 is 0 Å². The molecule has 5 heteroatoms. The Balaban J connectivity index is 2.14. The van der Waals surface area contributed by atoms with Gasteiger partial charge in [-0.2, -0.15) is 0 Å². The summed E-state index contributed by atoms with van der Waals surface area (Å²) in [5.74, 6) is -2.27. The van der Waals surface area contributed by atoms with Gasteiger partial charge in [0.15, 0.2) is 11.6 Å². The highest BCUT2D eigenvalue weighted by Gasteiger charge is 2.33. The standard InChI is InChI=1S/C15H19F2NO2/c1-2-10-6-7-18(13(8-10)15(19)20)9-11-4-3-5-12(16)14(11)17/h3-5,10,13H,2,6-9H2,1H3,(H,19,20). The zero-order chi connectivity index (χ0) is 14.7. The molecule has 1 heterocycles. The molecule has 3 nitrogen and oxygen atoms in total. The molecule has 0 saturated carbocycles. The molecule has 0 amide bonds. The van der Waals surface area contributed by atoms with Gasteiger partial charge in [0.05, 0.1) is 0 Å². The zero-order valence-electron chi connectivity index (χ0n) is 11.5. The maximum atomic E-state index is 13.7. The quantitative estimate of drug-likeness (QED) is 0.923. The summed E-state index contributed by atoms with van der Waals surface area (Å²) in [7, 11) is 0. The topological polar surface area (TPSA) is 40.5 Å². The van der Waals surface area contributed by atoms with Crippen LogP contribution in [0.25, 0.3) is 0 Å². The number of aliphatic carboxylic acids is 1. The van der Waals surface area contributed by atoms with E-state index in [2.05, 4.69) is 0 Å². The lowest BCUT2D eigenvalue weighted by atomic mass is 9.88. The van der Waals surface area contributed by atoms with Gasteiger partial charge in [-0.15, -0.1) is 0 Å². The normalized spacial score (nSPS) is 23.8. The predicted octanol–water partition coefficient (Wildman–Crippen LogP) is 3.04. The molecule has 1 N–H and O–H groups in total. The Morgan fingerprint density at radius 1 is 1.45 bits per heavy atom. The van der Waals surface area contributed by atoms with Crippen LogP contribution in [0.3, 0.4) is 0 Å². The maximum absolute atomic E-state index is 13.7. The van der Waals surface area contributed by atoms with Crippen molar-refractivity contribution >= 4 is 5.97 Å². The Morgan fingerprint density at radius 2 is 2.20 bits per heavy atom. The van der Waals surface area contributed by atoms with Crippen LogP contribution in [0.2, 0.25) is 0 Å². The molecule has 2 unspecified atom stereocenters. The molecule has 0 spiro atoms. The summed E-state index contributed by atoms with van der Waals surface area (Å²) in [6.07, 6.45) is 2.42. The molecule has 1 saturated heterocycles. The third-order valence-electron chi connectivity index (χ3n) is 4.09. The minimum absolute atomic E-state index is 0.136. The Kier molecular flexibility index (Phi) is 4.70. The number of likely N-dealkylation sites (tertiary alicyclic amines) is 1. The van der Waals surface area contributed by atoms with Crippen molar-refractivity contribution in [1.82, 2.24) is 4.90 Å². The van der Waals surface area contributed by atoms with Crippen molar-refractivity contribution in [2.75, 3.05) is 6.54 Å². The van der Waals surface area contributed by atoms with Gasteiger partial charge in [-0.3, -0.25) is 9.69 Å². The van der Waals surface area contributed by atoms with E-state index in [4.69, 9.17) is 0 Å². The number of carboxylic acid groups (broad SMARTS) is 1. The summed E-state index contributed by atoms with van der Waals surface area (Å²) in [5, 5.41) is 9.31. The molecule has 0 bridgehead atoms. The van der Waals surface area contributed by atoms with E-state index in [0.29, 0.717) is 18.9 Å². The highest BCUT2D eigenvalue weighted by molar-refractivity contribution is 5.73. The first-order valence-electron chi connectivity index (χ1n) is 6.92. The van der Waals surface area contributed by atoms with E-state index in [0.717, 1.165) is 18.9 Å². The van der Waals surface area contributed by atoms with E-state index in [1.807, 2.05) is 6.92 Å². The molecule has 2 atom stereocenters. The van der Waals surface area contributed by atoms with E-state index < -0.39 is 23.6 Å². The number of benzene rings is 1. The summed E-state index contributed by atoms with van der Waals surface area (Å²) in [6, 6.07) is 3.40. The Labute approximate surface area is 117 Å². The van der Waals surface area contributed by atoms with Crippen molar-refractivity contribution in [3.8, 4) is 0 Å².